The average molecular weight is 1470 g/mol. The molecule has 0 aliphatic carbocycles. The number of aliphatic hydroxyl groups is 1. The number of phosphoric ester groups is 2. The molecule has 0 saturated carbocycles. The van der Waals surface area contributed by atoms with Crippen LogP contribution in [-0.4, -0.2) is 96.7 Å². The van der Waals surface area contributed by atoms with E-state index in [-0.39, 0.29) is 25.7 Å². The molecule has 19 heteroatoms. The largest absolute Gasteiger partial charge is 0.472 e. The summed E-state index contributed by atoms with van der Waals surface area (Å²) in [4.78, 5) is 73.0. The van der Waals surface area contributed by atoms with Gasteiger partial charge in [0, 0.05) is 25.7 Å². The van der Waals surface area contributed by atoms with Gasteiger partial charge in [-0.25, -0.2) is 9.13 Å². The van der Waals surface area contributed by atoms with Crippen molar-refractivity contribution in [3.8, 4) is 0 Å². The third-order valence-electron chi connectivity index (χ3n) is 19.7. The van der Waals surface area contributed by atoms with Crippen LogP contribution in [0.5, 0.6) is 0 Å². The number of esters is 4. The number of phosphoric acid groups is 2. The van der Waals surface area contributed by atoms with Gasteiger partial charge in [0.2, 0.25) is 0 Å². The molecule has 3 N–H and O–H groups in total. The van der Waals surface area contributed by atoms with Gasteiger partial charge in [-0.05, 0) is 37.5 Å². The van der Waals surface area contributed by atoms with Gasteiger partial charge < -0.3 is 33.8 Å². The van der Waals surface area contributed by atoms with Crippen molar-refractivity contribution in [2.24, 2.45) is 11.8 Å². The first-order chi connectivity index (χ1) is 48.4. The lowest BCUT2D eigenvalue weighted by atomic mass is 9.99. The van der Waals surface area contributed by atoms with Crippen LogP contribution in [0.3, 0.4) is 0 Å². The first kappa shape index (κ1) is 98.1. The molecule has 7 atom stereocenters. The fraction of sp³-hybridized carbons (Fsp3) is 0.951. The van der Waals surface area contributed by atoms with E-state index in [9.17, 15) is 43.2 Å². The highest BCUT2D eigenvalue weighted by molar-refractivity contribution is 7.47. The molecular weight excluding hydrogens is 1310 g/mol. The second-order valence-corrected chi connectivity index (χ2v) is 32.6. The summed E-state index contributed by atoms with van der Waals surface area (Å²) in [5.74, 6) is -0.531. The van der Waals surface area contributed by atoms with Crippen LogP contribution in [0, 0.1) is 11.8 Å². The number of carbonyl (C=O) groups excluding carboxylic acids is 4. The number of carbonyl (C=O) groups is 4. The van der Waals surface area contributed by atoms with Crippen LogP contribution in [0.15, 0.2) is 0 Å². The predicted molar refractivity (Wildman–Crippen MR) is 409 cm³/mol. The molecule has 0 amide bonds. The van der Waals surface area contributed by atoms with E-state index in [2.05, 4.69) is 41.5 Å². The van der Waals surface area contributed by atoms with Crippen LogP contribution >= 0.6 is 15.6 Å². The lowest BCUT2D eigenvalue weighted by Gasteiger charge is -2.21. The summed E-state index contributed by atoms with van der Waals surface area (Å²) in [5.41, 5.74) is 0. The maximum absolute atomic E-state index is 13.1. The van der Waals surface area contributed by atoms with Crippen LogP contribution in [0.25, 0.3) is 0 Å². The fourth-order valence-corrected chi connectivity index (χ4v) is 14.1. The van der Waals surface area contributed by atoms with E-state index in [0.717, 1.165) is 108 Å². The van der Waals surface area contributed by atoms with Gasteiger partial charge in [0.1, 0.15) is 19.3 Å². The van der Waals surface area contributed by atoms with Crippen LogP contribution < -0.4 is 0 Å². The van der Waals surface area contributed by atoms with Crippen molar-refractivity contribution < 1.29 is 80.2 Å². The van der Waals surface area contributed by atoms with Gasteiger partial charge >= 0.3 is 39.5 Å². The second-order valence-electron chi connectivity index (χ2n) is 29.6. The van der Waals surface area contributed by atoms with E-state index in [1.165, 1.54) is 238 Å². The highest BCUT2D eigenvalue weighted by Crippen LogP contribution is 2.45. The number of ether oxygens (including phenoxy) is 4. The maximum Gasteiger partial charge on any atom is 0.472 e. The van der Waals surface area contributed by atoms with E-state index in [4.69, 9.17) is 37.0 Å². The number of unbranched alkanes of at least 4 members (excludes halogenated alkanes) is 48. The number of aliphatic hydroxyl groups excluding tert-OH is 1. The molecular formula is C81H158O17P2. The molecule has 0 spiro atoms. The van der Waals surface area contributed by atoms with E-state index < -0.39 is 97.5 Å². The lowest BCUT2D eigenvalue weighted by Crippen LogP contribution is -2.30. The van der Waals surface area contributed by atoms with Crippen molar-refractivity contribution in [3.63, 3.8) is 0 Å². The topological polar surface area (TPSA) is 237 Å². The Balaban J connectivity index is 5.25. The normalized spacial score (nSPS) is 14.4. The predicted octanol–water partition coefficient (Wildman–Crippen LogP) is 24.3. The fourth-order valence-electron chi connectivity index (χ4n) is 12.5. The summed E-state index contributed by atoms with van der Waals surface area (Å²) in [5, 5.41) is 10.6. The highest BCUT2D eigenvalue weighted by Gasteiger charge is 2.30. The summed E-state index contributed by atoms with van der Waals surface area (Å²) < 4.78 is 68.7. The standard InChI is InChI=1S/C81H158O17P2/c1-7-11-13-15-17-19-21-23-25-26-28-32-36-40-44-51-57-63-78(83)91-69-76(97-80(85)65-60-54-46-42-38-34-30-29-31-35-39-43-49-55-61-73(5)9-3)71-95-99(87,88)93-67-75(82)68-94-100(89,90)96-72-77(70-92-79(84)64-58-52-48-47-50-56-62-74(6)10-4)98-81(86)66-59-53-45-41-37-33-27-24-22-20-18-16-14-12-8-2/h73-77,82H,7-72H2,1-6H3,(H,87,88)(H,89,90)/t73?,74?,75-,76-,77-/m1/s1. The van der Waals surface area contributed by atoms with Crippen molar-refractivity contribution >= 4 is 39.5 Å². The van der Waals surface area contributed by atoms with Crippen molar-refractivity contribution in [2.75, 3.05) is 39.6 Å². The molecule has 594 valence electrons. The summed E-state index contributed by atoms with van der Waals surface area (Å²) in [6.07, 6.45) is 62.3. The minimum Gasteiger partial charge on any atom is -0.462 e. The maximum atomic E-state index is 13.1. The smallest absolute Gasteiger partial charge is 0.462 e. The van der Waals surface area contributed by atoms with E-state index in [0.29, 0.717) is 25.7 Å². The van der Waals surface area contributed by atoms with Crippen molar-refractivity contribution in [2.45, 2.75) is 445 Å². The van der Waals surface area contributed by atoms with Gasteiger partial charge in [0.05, 0.1) is 26.4 Å². The van der Waals surface area contributed by atoms with Crippen LogP contribution in [0.4, 0.5) is 0 Å². The SMILES string of the molecule is CCCCCCCCCCCCCCCCCCCC(=O)OC[C@H](COP(=O)(O)OC[C@@H](O)COP(=O)(O)OC[C@@H](COC(=O)CCCCCCCCC(C)CC)OC(=O)CCCCCCCCCCCCCCCCC)OC(=O)CCCCCCCCCCCCCCCCC(C)CC. The van der Waals surface area contributed by atoms with Crippen molar-refractivity contribution in [3.05, 3.63) is 0 Å². The third kappa shape index (κ3) is 71.7. The Morgan fingerprint density at radius 2 is 0.480 bits per heavy atom. The summed E-state index contributed by atoms with van der Waals surface area (Å²) >= 11 is 0. The Labute approximate surface area is 613 Å². The number of hydrogen-bond donors (Lipinski definition) is 3. The molecule has 0 bridgehead atoms. The summed E-state index contributed by atoms with van der Waals surface area (Å²) in [6.45, 7) is 9.66. The molecule has 0 aromatic rings. The van der Waals surface area contributed by atoms with E-state index in [1.807, 2.05) is 0 Å². The van der Waals surface area contributed by atoms with E-state index >= 15 is 0 Å². The third-order valence-corrected chi connectivity index (χ3v) is 21.6. The highest BCUT2D eigenvalue weighted by atomic mass is 31.2. The number of rotatable bonds is 80. The second kappa shape index (κ2) is 72.6. The molecule has 17 nitrogen and oxygen atoms in total. The van der Waals surface area contributed by atoms with Gasteiger partial charge in [-0.3, -0.25) is 37.3 Å². The summed E-state index contributed by atoms with van der Waals surface area (Å²) in [6, 6.07) is 0. The van der Waals surface area contributed by atoms with Gasteiger partial charge in [-0.1, -0.05) is 375 Å². The molecule has 0 heterocycles. The first-order valence-electron chi connectivity index (χ1n) is 42.1. The zero-order chi connectivity index (χ0) is 73.5. The van der Waals surface area contributed by atoms with Crippen molar-refractivity contribution in [1.29, 1.82) is 0 Å². The zero-order valence-electron chi connectivity index (χ0n) is 65.5. The van der Waals surface area contributed by atoms with E-state index in [1.54, 1.807) is 0 Å². The molecule has 0 aromatic heterocycles. The molecule has 4 unspecified atom stereocenters. The van der Waals surface area contributed by atoms with Crippen LogP contribution in [0.2, 0.25) is 0 Å². The molecule has 0 saturated heterocycles. The zero-order valence-corrected chi connectivity index (χ0v) is 67.3. The molecule has 100 heavy (non-hydrogen) atoms. The Bertz CT molecular complexity index is 1930. The van der Waals surface area contributed by atoms with Gasteiger partial charge in [-0.2, -0.15) is 0 Å². The first-order valence-corrected chi connectivity index (χ1v) is 45.1. The summed E-state index contributed by atoms with van der Waals surface area (Å²) in [7, 11) is -9.92. The molecule has 0 aromatic carbocycles. The molecule has 0 radical (unpaired) electrons. The van der Waals surface area contributed by atoms with Gasteiger partial charge in [-0.15, -0.1) is 0 Å². The molecule has 0 aliphatic heterocycles. The van der Waals surface area contributed by atoms with Crippen LogP contribution in [0.1, 0.15) is 427 Å². The molecule has 0 rings (SSSR count). The Kier molecular flexibility index (Phi) is 71.2. The minimum absolute atomic E-state index is 0.107. The Morgan fingerprint density at radius 1 is 0.280 bits per heavy atom. The molecule has 0 fully saturated rings. The van der Waals surface area contributed by atoms with Gasteiger partial charge in [0.15, 0.2) is 12.2 Å². The minimum atomic E-state index is -4.96. The van der Waals surface area contributed by atoms with Crippen molar-refractivity contribution in [1.82, 2.24) is 0 Å². The van der Waals surface area contributed by atoms with Crippen LogP contribution in [-0.2, 0) is 65.4 Å². The number of hydrogen-bond acceptors (Lipinski definition) is 15. The van der Waals surface area contributed by atoms with Gasteiger partial charge in [0.25, 0.3) is 0 Å². The lowest BCUT2D eigenvalue weighted by molar-refractivity contribution is -0.161. The average Bonchev–Trinajstić information content (AvgIpc) is 0.999. The monoisotopic (exact) mass is 1470 g/mol. The Hall–Kier alpha value is -1.94. The molecule has 0 aliphatic rings. The Morgan fingerprint density at radius 3 is 0.710 bits per heavy atom. The quantitative estimate of drug-likeness (QED) is 0.0222.